The number of benzene rings is 1. The number of pyridine rings is 4. The van der Waals surface area contributed by atoms with E-state index in [4.69, 9.17) is 14.2 Å². The number of methoxy groups -OCH3 is 1. The van der Waals surface area contributed by atoms with E-state index in [-0.39, 0.29) is 11.9 Å². The number of ether oxygens (including phenoxy) is 3. The van der Waals surface area contributed by atoms with Crippen LogP contribution in [0.15, 0.2) is 73.1 Å². The van der Waals surface area contributed by atoms with Crippen molar-refractivity contribution in [1.29, 1.82) is 0 Å². The first-order chi connectivity index (χ1) is 25.2. The van der Waals surface area contributed by atoms with Gasteiger partial charge in [-0.3, -0.25) is 4.79 Å². The van der Waals surface area contributed by atoms with Gasteiger partial charge >= 0.3 is 0 Å². The molecule has 1 aromatic carbocycles. The van der Waals surface area contributed by atoms with Gasteiger partial charge in [-0.2, -0.15) is 0 Å². The van der Waals surface area contributed by atoms with E-state index in [0.717, 1.165) is 60.3 Å². The number of rotatable bonds is 10. The van der Waals surface area contributed by atoms with Crippen LogP contribution in [0.3, 0.4) is 0 Å². The van der Waals surface area contributed by atoms with Gasteiger partial charge in [-0.05, 0) is 106 Å². The van der Waals surface area contributed by atoms with Crippen molar-refractivity contribution in [3.8, 4) is 17.2 Å². The molecule has 52 heavy (non-hydrogen) atoms. The summed E-state index contributed by atoms with van der Waals surface area (Å²) >= 11 is 0. The second-order valence-corrected chi connectivity index (χ2v) is 14.2. The summed E-state index contributed by atoms with van der Waals surface area (Å²) in [6.07, 6.45) is 8.29. The number of aromatic nitrogens is 4. The molecular formula is C40H48N8O4. The van der Waals surface area contributed by atoms with Crippen molar-refractivity contribution in [3.05, 3.63) is 90.0 Å². The number of hydrogen-bond acceptors (Lipinski definition) is 11. The van der Waals surface area contributed by atoms with E-state index in [2.05, 4.69) is 54.6 Å². The predicted molar refractivity (Wildman–Crippen MR) is 201 cm³/mol. The van der Waals surface area contributed by atoms with E-state index in [1.165, 1.54) is 19.4 Å². The molecule has 0 unspecified atom stereocenters. The molecule has 8 rings (SSSR count). The van der Waals surface area contributed by atoms with Gasteiger partial charge in [0.2, 0.25) is 11.5 Å². The van der Waals surface area contributed by atoms with Gasteiger partial charge in [-0.1, -0.05) is 0 Å². The van der Waals surface area contributed by atoms with Crippen molar-refractivity contribution in [2.45, 2.75) is 70.5 Å². The Morgan fingerprint density at radius 3 is 2.38 bits per heavy atom. The van der Waals surface area contributed by atoms with Crippen LogP contribution in [0.2, 0.25) is 0 Å². The lowest BCUT2D eigenvalue weighted by atomic mass is 10.1. The fraction of sp³-hybridized carbons (Fsp3) is 0.425. The Morgan fingerprint density at radius 1 is 0.981 bits per heavy atom. The minimum absolute atomic E-state index is 0.110. The van der Waals surface area contributed by atoms with Crippen LogP contribution in [0.5, 0.6) is 17.2 Å². The van der Waals surface area contributed by atoms with Crippen LogP contribution in [0.25, 0.3) is 22.1 Å². The molecule has 4 aromatic heterocycles. The summed E-state index contributed by atoms with van der Waals surface area (Å²) in [5.74, 6) is 0.585. The summed E-state index contributed by atoms with van der Waals surface area (Å²) < 4.78 is 17.3. The minimum atomic E-state index is -0.813. The maximum absolute atomic E-state index is 13.7. The van der Waals surface area contributed by atoms with Crippen LogP contribution in [0.1, 0.15) is 61.3 Å². The second kappa shape index (κ2) is 15.8. The molecule has 2 fully saturated rings. The van der Waals surface area contributed by atoms with E-state index in [0.29, 0.717) is 47.6 Å². The molecule has 0 bridgehead atoms. The van der Waals surface area contributed by atoms with Crippen LogP contribution in [0.4, 0.5) is 0 Å². The number of likely N-dealkylation sites (N-methyl/N-ethyl adjacent to an activating group) is 1. The zero-order chi connectivity index (χ0) is 36.1. The van der Waals surface area contributed by atoms with Gasteiger partial charge in [0.25, 0.3) is 5.91 Å². The highest BCUT2D eigenvalue weighted by Gasteiger charge is 2.36. The van der Waals surface area contributed by atoms with Gasteiger partial charge in [-0.15, -0.1) is 0 Å². The summed E-state index contributed by atoms with van der Waals surface area (Å²) in [5, 5.41) is 9.07. The third-order valence-corrected chi connectivity index (χ3v) is 9.84. The lowest BCUT2D eigenvalue weighted by Gasteiger charge is -2.26. The van der Waals surface area contributed by atoms with Crippen molar-refractivity contribution in [3.63, 3.8) is 0 Å². The highest BCUT2D eigenvalue weighted by molar-refractivity contribution is 5.96. The van der Waals surface area contributed by atoms with E-state index in [1.54, 1.807) is 31.6 Å². The molecule has 0 saturated carbocycles. The summed E-state index contributed by atoms with van der Waals surface area (Å²) in [6.45, 7) is 8.67. The van der Waals surface area contributed by atoms with Gasteiger partial charge in [0.05, 0.1) is 25.0 Å². The minimum Gasteiger partial charge on any atom is -0.493 e. The van der Waals surface area contributed by atoms with Crippen molar-refractivity contribution < 1.29 is 19.0 Å². The Kier molecular flexibility index (Phi) is 10.8. The van der Waals surface area contributed by atoms with E-state index in [1.807, 2.05) is 55.1 Å². The highest BCUT2D eigenvalue weighted by Crippen LogP contribution is 2.46. The quantitative estimate of drug-likeness (QED) is 0.195. The fourth-order valence-electron chi connectivity index (χ4n) is 7.11. The standard InChI is InChI=1S/C25H28N4O4.C15H20N4/c1-25(2)32-21-13-17(12-20(31-3)22(21)33-25)24(30)29(14-18-7-5-10-26-18)15-19-9-8-16-6-4-11-27-23(16)28-19;1-19-9-3-5-14(19)11-16-10-13-7-6-12-4-2-8-17-15(12)18-13/h4,6,8-9,11-13,18,26H,5,7,10,14-15H2,1-3H3;2,4,6-8,14,16H,3,5,9-11H2,1H3/t18-;14-/m00/s1. The first-order valence-electron chi connectivity index (χ1n) is 18.2. The second-order valence-electron chi connectivity index (χ2n) is 14.2. The molecule has 5 aromatic rings. The zero-order valence-corrected chi connectivity index (χ0v) is 30.5. The van der Waals surface area contributed by atoms with Crippen molar-refractivity contribution in [2.24, 2.45) is 0 Å². The van der Waals surface area contributed by atoms with Crippen LogP contribution in [-0.2, 0) is 13.1 Å². The maximum atomic E-state index is 13.7. The number of fused-ring (bicyclic) bond motifs is 3. The van der Waals surface area contributed by atoms with Crippen LogP contribution in [-0.4, -0.2) is 93.9 Å². The molecule has 0 spiro atoms. The van der Waals surface area contributed by atoms with Crippen molar-refractivity contribution >= 4 is 28.0 Å². The Hall–Kier alpha value is -4.91. The molecule has 2 N–H and O–H groups in total. The number of carbonyl (C=O) groups is 1. The van der Waals surface area contributed by atoms with E-state index in [9.17, 15) is 4.79 Å². The molecule has 0 radical (unpaired) electrons. The molecular weight excluding hydrogens is 656 g/mol. The smallest absolute Gasteiger partial charge is 0.254 e. The Bertz CT molecular complexity index is 2020. The zero-order valence-electron chi connectivity index (χ0n) is 30.5. The summed E-state index contributed by atoms with van der Waals surface area (Å²) in [7, 11) is 3.77. The first-order valence-corrected chi connectivity index (χ1v) is 18.2. The summed E-state index contributed by atoms with van der Waals surface area (Å²) in [5.41, 5.74) is 3.85. The third-order valence-electron chi connectivity index (χ3n) is 9.84. The average molecular weight is 705 g/mol. The molecule has 12 heteroatoms. The molecule has 12 nitrogen and oxygen atoms in total. The lowest BCUT2D eigenvalue weighted by molar-refractivity contribution is -0.0439. The topological polar surface area (TPSA) is 127 Å². The lowest BCUT2D eigenvalue weighted by Crippen LogP contribution is -2.41. The predicted octanol–water partition coefficient (Wildman–Crippen LogP) is 5.35. The largest absolute Gasteiger partial charge is 0.493 e. The number of nitrogens with zero attached hydrogens (tertiary/aromatic N) is 6. The monoisotopic (exact) mass is 704 g/mol. The summed E-state index contributed by atoms with van der Waals surface area (Å²) in [6, 6.07) is 20.4. The Balaban J connectivity index is 0.000000187. The Morgan fingerprint density at radius 2 is 1.71 bits per heavy atom. The molecule has 272 valence electrons. The number of carbonyl (C=O) groups excluding carboxylic acids is 1. The molecule has 3 aliphatic rings. The first kappa shape index (κ1) is 35.5. The molecule has 7 heterocycles. The maximum Gasteiger partial charge on any atom is 0.254 e. The van der Waals surface area contributed by atoms with Gasteiger partial charge in [-0.25, -0.2) is 19.9 Å². The molecule has 1 amide bonds. The van der Waals surface area contributed by atoms with Crippen LogP contribution >= 0.6 is 0 Å². The SMILES string of the molecule is CN1CCC[C@H]1CNCc1ccc2cccnc2n1.COc1cc(C(=O)N(Cc2ccc3cccnc3n2)C[C@@H]2CCCN2)cc2c1OC(C)(C)O2. The number of nitrogens with one attached hydrogen (secondary N) is 2. The van der Waals surface area contributed by atoms with Gasteiger partial charge < -0.3 is 34.6 Å². The number of hydrogen-bond donors (Lipinski definition) is 2. The van der Waals surface area contributed by atoms with Crippen molar-refractivity contribution in [1.82, 2.24) is 40.4 Å². The molecule has 2 atom stereocenters. The van der Waals surface area contributed by atoms with Crippen molar-refractivity contribution in [2.75, 3.05) is 40.3 Å². The van der Waals surface area contributed by atoms with E-state index >= 15 is 0 Å². The normalized spacial score (nSPS) is 19.1. The average Bonchev–Trinajstić information content (AvgIpc) is 3.90. The summed E-state index contributed by atoms with van der Waals surface area (Å²) in [4.78, 5) is 35.9. The van der Waals surface area contributed by atoms with Crippen LogP contribution in [0, 0.1) is 0 Å². The number of likely N-dealkylation sites (tertiary alicyclic amines) is 1. The fourth-order valence-corrected chi connectivity index (χ4v) is 7.11. The van der Waals surface area contributed by atoms with Gasteiger partial charge in [0.15, 0.2) is 22.8 Å². The van der Waals surface area contributed by atoms with E-state index < -0.39 is 5.79 Å². The third kappa shape index (κ3) is 8.41. The van der Waals surface area contributed by atoms with Gasteiger partial charge in [0, 0.05) is 74.3 Å². The van der Waals surface area contributed by atoms with Crippen LogP contribution < -0.4 is 24.8 Å². The van der Waals surface area contributed by atoms with Gasteiger partial charge in [0.1, 0.15) is 0 Å². The highest BCUT2D eigenvalue weighted by atomic mass is 16.7. The molecule has 0 aliphatic carbocycles. The molecule has 3 aliphatic heterocycles. The molecule has 2 saturated heterocycles. The number of amides is 1. The Labute approximate surface area is 304 Å².